The highest BCUT2D eigenvalue weighted by Crippen LogP contribution is 2.52. The second kappa shape index (κ2) is 10.4. The van der Waals surface area contributed by atoms with E-state index in [1.54, 1.807) is 0 Å². The van der Waals surface area contributed by atoms with Crippen LogP contribution in [0.5, 0.6) is 0 Å². The van der Waals surface area contributed by atoms with Gasteiger partial charge in [-0.25, -0.2) is 0 Å². The first-order valence-corrected chi connectivity index (χ1v) is 17.0. The highest BCUT2D eigenvalue weighted by atomic mass is 16.3. The maximum Gasteiger partial charge on any atom is 0.137 e. The molecule has 1 heterocycles. The topological polar surface area (TPSA) is 16.4 Å². The van der Waals surface area contributed by atoms with E-state index in [0.29, 0.717) is 0 Å². The van der Waals surface area contributed by atoms with Crippen LogP contribution in [-0.4, -0.2) is 0 Å². The maximum absolute atomic E-state index is 6.39. The van der Waals surface area contributed by atoms with Crippen molar-refractivity contribution in [3.8, 4) is 22.3 Å². The number of furan rings is 1. The Bertz CT molecular complexity index is 2750. The fourth-order valence-corrected chi connectivity index (χ4v) is 8.09. The summed E-state index contributed by atoms with van der Waals surface area (Å²) in [4.78, 5) is 2.41. The van der Waals surface area contributed by atoms with Gasteiger partial charge in [0, 0.05) is 22.2 Å². The average molecular weight is 628 g/mol. The lowest BCUT2D eigenvalue weighted by molar-refractivity contribution is 0.661. The second-order valence-corrected chi connectivity index (χ2v) is 13.8. The molecule has 0 unspecified atom stereocenters. The van der Waals surface area contributed by atoms with Gasteiger partial charge in [0.15, 0.2) is 0 Å². The van der Waals surface area contributed by atoms with Gasteiger partial charge >= 0.3 is 0 Å². The summed E-state index contributed by atoms with van der Waals surface area (Å²) in [6.07, 6.45) is 0. The van der Waals surface area contributed by atoms with E-state index in [-0.39, 0.29) is 5.41 Å². The van der Waals surface area contributed by atoms with Gasteiger partial charge in [0.2, 0.25) is 0 Å². The van der Waals surface area contributed by atoms with Crippen molar-refractivity contribution in [1.82, 2.24) is 0 Å². The van der Waals surface area contributed by atoms with Crippen molar-refractivity contribution in [1.29, 1.82) is 0 Å². The first-order chi connectivity index (χ1) is 24.0. The van der Waals surface area contributed by atoms with Gasteiger partial charge in [-0.2, -0.15) is 0 Å². The number of benzene rings is 8. The molecule has 9 aromatic rings. The Labute approximate surface area is 285 Å². The molecule has 0 fully saturated rings. The van der Waals surface area contributed by atoms with E-state index in [2.05, 4.69) is 176 Å². The predicted octanol–water partition coefficient (Wildman–Crippen LogP) is 13.3. The zero-order valence-electron chi connectivity index (χ0n) is 27.4. The van der Waals surface area contributed by atoms with E-state index in [9.17, 15) is 0 Å². The van der Waals surface area contributed by atoms with Gasteiger partial charge < -0.3 is 9.32 Å². The lowest BCUT2D eigenvalue weighted by Gasteiger charge is -2.29. The Hall–Kier alpha value is -6.12. The van der Waals surface area contributed by atoms with Gasteiger partial charge in [-0.1, -0.05) is 117 Å². The Morgan fingerprint density at radius 3 is 1.90 bits per heavy atom. The number of nitrogens with zero attached hydrogens (tertiary/aromatic N) is 1. The molecule has 1 aromatic heterocycles. The molecule has 0 saturated heterocycles. The summed E-state index contributed by atoms with van der Waals surface area (Å²) in [6.45, 7) is 4.73. The summed E-state index contributed by atoms with van der Waals surface area (Å²) < 4.78 is 6.39. The summed E-state index contributed by atoms with van der Waals surface area (Å²) in [7, 11) is 0. The summed E-state index contributed by atoms with van der Waals surface area (Å²) in [6, 6.07) is 59.5. The van der Waals surface area contributed by atoms with Crippen molar-refractivity contribution in [3.05, 3.63) is 175 Å². The SMILES string of the molecule is CC1(C)c2cc(N(c3ccc(-c4ccc5ccccc5c4)cc3)c3cccc4oc5ccccc5c34)ccc2-c2cc3ccccc3cc21. The van der Waals surface area contributed by atoms with Gasteiger partial charge in [0.05, 0.1) is 11.1 Å². The smallest absolute Gasteiger partial charge is 0.137 e. The number of para-hydroxylation sites is 1. The largest absolute Gasteiger partial charge is 0.456 e. The van der Waals surface area contributed by atoms with Gasteiger partial charge in [-0.05, 0) is 116 Å². The van der Waals surface area contributed by atoms with Crippen LogP contribution in [-0.2, 0) is 5.41 Å². The van der Waals surface area contributed by atoms with E-state index < -0.39 is 0 Å². The molecule has 0 bridgehead atoms. The maximum atomic E-state index is 6.39. The minimum absolute atomic E-state index is 0.148. The summed E-state index contributed by atoms with van der Waals surface area (Å²) >= 11 is 0. The highest BCUT2D eigenvalue weighted by molar-refractivity contribution is 6.13. The van der Waals surface area contributed by atoms with Crippen LogP contribution >= 0.6 is 0 Å². The van der Waals surface area contributed by atoms with Crippen LogP contribution in [0.1, 0.15) is 25.0 Å². The van der Waals surface area contributed by atoms with E-state index in [1.165, 1.54) is 54.9 Å². The van der Waals surface area contributed by atoms with Crippen LogP contribution in [0.2, 0.25) is 0 Å². The van der Waals surface area contributed by atoms with Crippen molar-refractivity contribution < 1.29 is 4.42 Å². The van der Waals surface area contributed by atoms with Crippen LogP contribution in [0.15, 0.2) is 168 Å². The zero-order valence-corrected chi connectivity index (χ0v) is 27.4. The Kier molecular flexibility index (Phi) is 5.95. The molecule has 0 aliphatic heterocycles. The summed E-state index contributed by atoms with van der Waals surface area (Å²) in [5.41, 5.74) is 12.7. The van der Waals surface area contributed by atoms with Crippen LogP contribution in [0.25, 0.3) is 65.7 Å². The zero-order chi connectivity index (χ0) is 32.7. The number of anilines is 3. The average Bonchev–Trinajstić information content (AvgIpc) is 3.63. The minimum atomic E-state index is -0.148. The molecule has 0 spiro atoms. The van der Waals surface area contributed by atoms with Crippen LogP contribution in [0.4, 0.5) is 17.1 Å². The molecule has 0 saturated carbocycles. The van der Waals surface area contributed by atoms with Crippen molar-refractivity contribution in [2.24, 2.45) is 0 Å². The molecule has 1 aliphatic carbocycles. The van der Waals surface area contributed by atoms with Gasteiger partial charge in [-0.3, -0.25) is 0 Å². The third-order valence-electron chi connectivity index (χ3n) is 10.6. The standard InChI is InChI=1S/C47H33NO/c1-47(2)41-28-34-13-6-5-12-33(34)27-40(41)38-25-24-37(29-42(38)47)48(43-15-9-17-45-46(43)39-14-7-8-16-44(39)49-45)36-22-20-31(21-23-36)35-19-18-30-10-3-4-11-32(30)26-35/h3-29H,1-2H3. The molecule has 2 heteroatoms. The van der Waals surface area contributed by atoms with Crippen molar-refractivity contribution in [2.45, 2.75) is 19.3 Å². The second-order valence-electron chi connectivity index (χ2n) is 13.8. The normalized spacial score (nSPS) is 13.3. The predicted molar refractivity (Wildman–Crippen MR) is 206 cm³/mol. The molecule has 1 aliphatic rings. The Balaban J connectivity index is 1.16. The molecular weight excluding hydrogens is 595 g/mol. The lowest BCUT2D eigenvalue weighted by atomic mass is 9.81. The third kappa shape index (κ3) is 4.27. The summed E-state index contributed by atoms with van der Waals surface area (Å²) in [5.74, 6) is 0. The first kappa shape index (κ1) is 27.9. The summed E-state index contributed by atoms with van der Waals surface area (Å²) in [5, 5.41) is 7.30. The molecule has 232 valence electrons. The molecule has 0 amide bonds. The number of hydrogen-bond acceptors (Lipinski definition) is 2. The first-order valence-electron chi connectivity index (χ1n) is 17.0. The molecule has 2 nitrogen and oxygen atoms in total. The van der Waals surface area contributed by atoms with Crippen LogP contribution in [0, 0.1) is 0 Å². The third-order valence-corrected chi connectivity index (χ3v) is 10.6. The van der Waals surface area contributed by atoms with Crippen molar-refractivity contribution in [3.63, 3.8) is 0 Å². The van der Waals surface area contributed by atoms with Crippen molar-refractivity contribution in [2.75, 3.05) is 4.90 Å². The fraction of sp³-hybridized carbons (Fsp3) is 0.0638. The van der Waals surface area contributed by atoms with E-state index in [1.807, 2.05) is 6.07 Å². The van der Waals surface area contributed by atoms with Crippen LogP contribution < -0.4 is 4.90 Å². The minimum Gasteiger partial charge on any atom is -0.456 e. The van der Waals surface area contributed by atoms with Crippen LogP contribution in [0.3, 0.4) is 0 Å². The molecule has 8 aromatic carbocycles. The Morgan fingerprint density at radius 2 is 1.08 bits per heavy atom. The molecule has 49 heavy (non-hydrogen) atoms. The number of fused-ring (bicyclic) bond motifs is 8. The van der Waals surface area contributed by atoms with Gasteiger partial charge in [-0.15, -0.1) is 0 Å². The lowest BCUT2D eigenvalue weighted by Crippen LogP contribution is -2.16. The quantitative estimate of drug-likeness (QED) is 0.193. The molecule has 10 rings (SSSR count). The number of rotatable bonds is 4. The Morgan fingerprint density at radius 1 is 0.449 bits per heavy atom. The van der Waals surface area contributed by atoms with E-state index in [4.69, 9.17) is 4.42 Å². The fourth-order valence-electron chi connectivity index (χ4n) is 8.09. The number of hydrogen-bond donors (Lipinski definition) is 0. The van der Waals surface area contributed by atoms with Crippen molar-refractivity contribution >= 4 is 60.5 Å². The molecule has 0 N–H and O–H groups in total. The molecule has 0 atom stereocenters. The van der Waals surface area contributed by atoms with Gasteiger partial charge in [0.25, 0.3) is 0 Å². The van der Waals surface area contributed by atoms with E-state index in [0.717, 1.165) is 39.0 Å². The van der Waals surface area contributed by atoms with Gasteiger partial charge in [0.1, 0.15) is 11.2 Å². The molecular formula is C47H33NO. The van der Waals surface area contributed by atoms with E-state index >= 15 is 0 Å². The highest BCUT2D eigenvalue weighted by Gasteiger charge is 2.36. The molecule has 0 radical (unpaired) electrons. The monoisotopic (exact) mass is 627 g/mol.